The number of halogens is 1. The summed E-state index contributed by atoms with van der Waals surface area (Å²) in [6, 6.07) is 13.8. The van der Waals surface area contributed by atoms with Crippen molar-refractivity contribution in [2.45, 2.75) is 6.61 Å². The van der Waals surface area contributed by atoms with Crippen LogP contribution in [0.15, 0.2) is 58.6 Å². The van der Waals surface area contributed by atoms with Crippen LogP contribution in [0.2, 0.25) is 0 Å². The molecule has 130 valence electrons. The fraction of sp³-hybridized carbons (Fsp3) is 0.105. The van der Waals surface area contributed by atoms with Crippen LogP contribution < -0.4 is 4.74 Å². The van der Waals surface area contributed by atoms with Crippen molar-refractivity contribution >= 4 is 37.5 Å². The summed E-state index contributed by atoms with van der Waals surface area (Å²) in [5, 5.41) is 2.97. The van der Waals surface area contributed by atoms with Gasteiger partial charge in [-0.15, -0.1) is 11.3 Å². The first-order chi connectivity index (χ1) is 12.8. The maximum Gasteiger partial charge on any atom is 0.232 e. The van der Waals surface area contributed by atoms with Gasteiger partial charge in [0.05, 0.1) is 5.39 Å². The molecule has 0 aliphatic rings. The third kappa shape index (κ3) is 3.33. The van der Waals surface area contributed by atoms with Crippen molar-refractivity contribution in [3.8, 4) is 22.8 Å². The fourth-order valence-electron chi connectivity index (χ4n) is 2.60. The van der Waals surface area contributed by atoms with Crippen molar-refractivity contribution in [3.05, 3.63) is 64.5 Å². The second kappa shape index (κ2) is 7.49. The average Bonchev–Trinajstić information content (AvgIpc) is 3.09. The summed E-state index contributed by atoms with van der Waals surface area (Å²) in [4.78, 5) is 14.3. The van der Waals surface area contributed by atoms with Crippen LogP contribution in [0.5, 0.6) is 11.6 Å². The maximum absolute atomic E-state index is 6.12. The molecule has 3 aromatic heterocycles. The van der Waals surface area contributed by atoms with Gasteiger partial charge >= 0.3 is 0 Å². The molecule has 0 aliphatic carbocycles. The SMILES string of the molecule is COCc1nc(Oc2cccnc2Br)c2c(-c3ccccc3)csc2n1. The summed E-state index contributed by atoms with van der Waals surface area (Å²) in [5.74, 6) is 1.67. The van der Waals surface area contributed by atoms with E-state index in [4.69, 9.17) is 9.47 Å². The Balaban J connectivity index is 1.90. The maximum atomic E-state index is 6.12. The summed E-state index contributed by atoms with van der Waals surface area (Å²) < 4.78 is 11.9. The van der Waals surface area contributed by atoms with Gasteiger partial charge in [0.25, 0.3) is 0 Å². The molecule has 3 heterocycles. The van der Waals surface area contributed by atoms with Gasteiger partial charge in [0, 0.05) is 24.3 Å². The molecule has 0 atom stereocenters. The molecule has 0 aliphatic heterocycles. The molecule has 0 radical (unpaired) electrons. The zero-order valence-corrected chi connectivity index (χ0v) is 16.3. The van der Waals surface area contributed by atoms with Gasteiger partial charge in [0.15, 0.2) is 11.6 Å². The average molecular weight is 428 g/mol. The largest absolute Gasteiger partial charge is 0.435 e. The van der Waals surface area contributed by atoms with Crippen LogP contribution in [-0.2, 0) is 11.3 Å². The molecule has 0 saturated heterocycles. The number of benzene rings is 1. The molecule has 0 amide bonds. The van der Waals surface area contributed by atoms with Crippen molar-refractivity contribution < 1.29 is 9.47 Å². The minimum absolute atomic E-state index is 0.319. The Kier molecular flexibility index (Phi) is 4.92. The molecular weight excluding hydrogens is 414 g/mol. The van der Waals surface area contributed by atoms with E-state index in [2.05, 4.69) is 48.4 Å². The fourth-order valence-corrected chi connectivity index (χ4v) is 3.89. The summed E-state index contributed by atoms with van der Waals surface area (Å²) in [6.45, 7) is 0.319. The molecule has 0 fully saturated rings. The van der Waals surface area contributed by atoms with Gasteiger partial charge in [-0.1, -0.05) is 30.3 Å². The number of ether oxygens (including phenoxy) is 2. The number of hydrogen-bond acceptors (Lipinski definition) is 6. The van der Waals surface area contributed by atoms with E-state index in [1.165, 1.54) is 0 Å². The zero-order valence-electron chi connectivity index (χ0n) is 13.8. The lowest BCUT2D eigenvalue weighted by atomic mass is 10.1. The minimum atomic E-state index is 0.319. The topological polar surface area (TPSA) is 57.1 Å². The molecule has 1 aromatic carbocycles. The Bertz CT molecular complexity index is 1050. The summed E-state index contributed by atoms with van der Waals surface area (Å²) in [6.07, 6.45) is 1.70. The number of thiophene rings is 1. The first-order valence-electron chi connectivity index (χ1n) is 7.87. The standard InChI is InChI=1S/C19H14BrN3O2S/c1-24-10-15-22-18(25-14-8-5-9-21-17(14)20)16-13(11-26-19(16)23-15)12-6-3-2-4-7-12/h2-9,11H,10H2,1H3. The highest BCUT2D eigenvalue weighted by molar-refractivity contribution is 9.10. The normalized spacial score (nSPS) is 11.0. The first-order valence-corrected chi connectivity index (χ1v) is 9.54. The van der Waals surface area contributed by atoms with E-state index in [-0.39, 0.29) is 0 Å². The molecule has 26 heavy (non-hydrogen) atoms. The molecule has 0 spiro atoms. The molecule has 0 saturated carbocycles. The second-order valence-electron chi connectivity index (χ2n) is 5.47. The number of aromatic nitrogens is 3. The lowest BCUT2D eigenvalue weighted by Crippen LogP contribution is -2.00. The predicted molar refractivity (Wildman–Crippen MR) is 106 cm³/mol. The van der Waals surface area contributed by atoms with E-state index in [9.17, 15) is 0 Å². The Morgan fingerprint density at radius 1 is 1.08 bits per heavy atom. The van der Waals surface area contributed by atoms with Crippen molar-refractivity contribution in [1.82, 2.24) is 15.0 Å². The molecule has 4 rings (SSSR count). The van der Waals surface area contributed by atoms with Crippen molar-refractivity contribution in [1.29, 1.82) is 0 Å². The van der Waals surface area contributed by atoms with Crippen LogP contribution >= 0.6 is 27.3 Å². The van der Waals surface area contributed by atoms with Crippen LogP contribution in [0.25, 0.3) is 21.3 Å². The number of nitrogens with zero attached hydrogens (tertiary/aromatic N) is 3. The molecule has 4 aromatic rings. The smallest absolute Gasteiger partial charge is 0.232 e. The quantitative estimate of drug-likeness (QED) is 0.396. The number of hydrogen-bond donors (Lipinski definition) is 0. The highest BCUT2D eigenvalue weighted by Crippen LogP contribution is 2.40. The number of rotatable bonds is 5. The van der Waals surface area contributed by atoms with Crippen molar-refractivity contribution in [3.63, 3.8) is 0 Å². The lowest BCUT2D eigenvalue weighted by molar-refractivity contribution is 0.177. The van der Waals surface area contributed by atoms with Gasteiger partial charge in [-0.05, 0) is 33.6 Å². The molecule has 5 nitrogen and oxygen atoms in total. The zero-order chi connectivity index (χ0) is 17.9. The van der Waals surface area contributed by atoms with Crippen molar-refractivity contribution in [2.75, 3.05) is 7.11 Å². The lowest BCUT2D eigenvalue weighted by Gasteiger charge is -2.10. The van der Waals surface area contributed by atoms with Crippen molar-refractivity contribution in [2.24, 2.45) is 0 Å². The Morgan fingerprint density at radius 3 is 2.69 bits per heavy atom. The van der Waals surface area contributed by atoms with Crippen LogP contribution in [0.1, 0.15) is 5.82 Å². The third-order valence-corrected chi connectivity index (χ3v) is 5.20. The van der Waals surface area contributed by atoms with E-state index < -0.39 is 0 Å². The van der Waals surface area contributed by atoms with E-state index in [0.717, 1.165) is 21.3 Å². The van der Waals surface area contributed by atoms with Crippen LogP contribution in [-0.4, -0.2) is 22.1 Å². The van der Waals surface area contributed by atoms with Crippen LogP contribution in [0.3, 0.4) is 0 Å². The summed E-state index contributed by atoms with van der Waals surface area (Å²) >= 11 is 4.98. The molecule has 7 heteroatoms. The van der Waals surface area contributed by atoms with Gasteiger partial charge in [-0.25, -0.2) is 9.97 Å². The van der Waals surface area contributed by atoms with Gasteiger partial charge in [-0.2, -0.15) is 4.98 Å². The van der Waals surface area contributed by atoms with Gasteiger partial charge in [0.2, 0.25) is 5.88 Å². The van der Waals surface area contributed by atoms with Gasteiger partial charge < -0.3 is 9.47 Å². The monoisotopic (exact) mass is 427 g/mol. The van der Waals surface area contributed by atoms with E-state index in [0.29, 0.717) is 28.7 Å². The number of methoxy groups -OCH3 is 1. The highest BCUT2D eigenvalue weighted by atomic mass is 79.9. The minimum Gasteiger partial charge on any atom is -0.435 e. The Hall–Kier alpha value is -2.35. The number of pyridine rings is 1. The predicted octanol–water partition coefficient (Wildman–Crippen LogP) is 5.45. The van der Waals surface area contributed by atoms with E-state index in [1.54, 1.807) is 24.6 Å². The Labute approximate surface area is 162 Å². The summed E-state index contributed by atoms with van der Waals surface area (Å²) in [5.41, 5.74) is 2.14. The van der Waals surface area contributed by atoms with E-state index >= 15 is 0 Å². The first kappa shape index (κ1) is 17.1. The van der Waals surface area contributed by atoms with Crippen LogP contribution in [0, 0.1) is 0 Å². The van der Waals surface area contributed by atoms with E-state index in [1.807, 2.05) is 30.3 Å². The van der Waals surface area contributed by atoms with Crippen LogP contribution in [0.4, 0.5) is 0 Å². The number of fused-ring (bicyclic) bond motifs is 1. The highest BCUT2D eigenvalue weighted by Gasteiger charge is 2.18. The van der Waals surface area contributed by atoms with Gasteiger partial charge in [0.1, 0.15) is 16.0 Å². The molecule has 0 unspecified atom stereocenters. The Morgan fingerprint density at radius 2 is 1.92 bits per heavy atom. The third-order valence-electron chi connectivity index (χ3n) is 3.74. The molecular formula is C19H14BrN3O2S. The second-order valence-corrected chi connectivity index (χ2v) is 7.08. The summed E-state index contributed by atoms with van der Waals surface area (Å²) in [7, 11) is 1.62. The molecule has 0 N–H and O–H groups in total. The molecule has 0 bridgehead atoms. The van der Waals surface area contributed by atoms with Gasteiger partial charge in [-0.3, -0.25) is 0 Å².